The minimum atomic E-state index is -0.148. The summed E-state index contributed by atoms with van der Waals surface area (Å²) in [6, 6.07) is -0.0503. The highest BCUT2D eigenvalue weighted by atomic mass is 32.1. The zero-order chi connectivity index (χ0) is 20.1. The van der Waals surface area contributed by atoms with E-state index in [-0.39, 0.29) is 24.1 Å². The van der Waals surface area contributed by atoms with E-state index in [0.29, 0.717) is 17.4 Å². The van der Waals surface area contributed by atoms with E-state index in [1.807, 2.05) is 11.0 Å². The Morgan fingerprint density at radius 3 is 2.89 bits per heavy atom. The van der Waals surface area contributed by atoms with Crippen molar-refractivity contribution in [2.24, 2.45) is 0 Å². The number of likely N-dealkylation sites (tertiary alicyclic amines) is 1. The van der Waals surface area contributed by atoms with Gasteiger partial charge in [-0.3, -0.25) is 5.32 Å². The van der Waals surface area contributed by atoms with Gasteiger partial charge in [0.05, 0.1) is 6.20 Å². The van der Waals surface area contributed by atoms with Gasteiger partial charge >= 0.3 is 6.03 Å². The van der Waals surface area contributed by atoms with Crippen LogP contribution in [0.4, 0.5) is 9.93 Å². The van der Waals surface area contributed by atoms with E-state index in [9.17, 15) is 9.90 Å². The standard InChI is InChI=1S/C20H28N4O3S/c1-20(2,3)16-13-21-17(27-16)8-7-15-12-22-18(28-15)23-19(26)24-10-5-4-6-14(24)9-11-25/h7-8,12-14,25H,4-6,9-11H2,1-3H3,(H,22,23,26). The summed E-state index contributed by atoms with van der Waals surface area (Å²) in [6.45, 7) is 7.04. The second kappa shape index (κ2) is 8.87. The summed E-state index contributed by atoms with van der Waals surface area (Å²) in [4.78, 5) is 23.9. The third kappa shape index (κ3) is 5.20. The van der Waals surface area contributed by atoms with Crippen molar-refractivity contribution >= 4 is 34.7 Å². The van der Waals surface area contributed by atoms with E-state index in [1.165, 1.54) is 11.3 Å². The zero-order valence-corrected chi connectivity index (χ0v) is 17.5. The van der Waals surface area contributed by atoms with Gasteiger partial charge in [-0.1, -0.05) is 32.1 Å². The molecule has 152 valence electrons. The van der Waals surface area contributed by atoms with Crippen molar-refractivity contribution in [3.63, 3.8) is 0 Å². The van der Waals surface area contributed by atoms with Gasteiger partial charge < -0.3 is 14.4 Å². The van der Waals surface area contributed by atoms with Crippen LogP contribution in [0.1, 0.15) is 63.0 Å². The lowest BCUT2D eigenvalue weighted by atomic mass is 9.94. The summed E-state index contributed by atoms with van der Waals surface area (Å²) < 4.78 is 5.74. The zero-order valence-electron chi connectivity index (χ0n) is 16.6. The molecule has 0 aliphatic carbocycles. The molecule has 1 aliphatic heterocycles. The van der Waals surface area contributed by atoms with Crippen molar-refractivity contribution in [1.82, 2.24) is 14.9 Å². The minimum Gasteiger partial charge on any atom is -0.441 e. The summed E-state index contributed by atoms with van der Waals surface area (Å²) >= 11 is 1.40. The Morgan fingerprint density at radius 2 is 2.18 bits per heavy atom. The van der Waals surface area contributed by atoms with Crippen LogP contribution in [0, 0.1) is 0 Å². The molecule has 8 heteroatoms. The number of carbonyl (C=O) groups excluding carboxylic acids is 1. The average Bonchev–Trinajstić information content (AvgIpc) is 3.29. The SMILES string of the molecule is CC(C)(C)c1cnc(C=Cc2cnc(NC(=O)N3CCCCC3CCO)s2)o1. The van der Waals surface area contributed by atoms with E-state index in [1.54, 1.807) is 18.5 Å². The summed E-state index contributed by atoms with van der Waals surface area (Å²) in [5.74, 6) is 1.38. The van der Waals surface area contributed by atoms with E-state index < -0.39 is 0 Å². The Kier molecular flexibility index (Phi) is 6.51. The number of rotatable bonds is 5. The van der Waals surface area contributed by atoms with Crippen molar-refractivity contribution in [3.8, 4) is 0 Å². The molecule has 1 aliphatic rings. The Balaban J connectivity index is 1.60. The first-order valence-corrected chi connectivity index (χ1v) is 10.5. The number of nitrogens with one attached hydrogen (secondary N) is 1. The summed E-state index contributed by atoms with van der Waals surface area (Å²) in [7, 11) is 0. The maximum atomic E-state index is 12.6. The van der Waals surface area contributed by atoms with Crippen molar-refractivity contribution in [3.05, 3.63) is 28.9 Å². The fraction of sp³-hybridized carbons (Fsp3) is 0.550. The molecule has 0 saturated carbocycles. The fourth-order valence-electron chi connectivity index (χ4n) is 3.17. The molecule has 7 nitrogen and oxygen atoms in total. The van der Waals surface area contributed by atoms with Crippen LogP contribution in [0.15, 0.2) is 16.8 Å². The number of hydrogen-bond acceptors (Lipinski definition) is 6. The summed E-state index contributed by atoms with van der Waals surface area (Å²) in [5, 5.41) is 12.7. The number of urea groups is 1. The maximum absolute atomic E-state index is 12.6. The number of oxazole rings is 1. The van der Waals surface area contributed by atoms with E-state index in [2.05, 4.69) is 36.1 Å². The first kappa shape index (κ1) is 20.5. The molecule has 1 saturated heterocycles. The van der Waals surface area contributed by atoms with Crippen LogP contribution < -0.4 is 5.32 Å². The number of piperidine rings is 1. The van der Waals surface area contributed by atoms with Gasteiger partial charge in [-0.15, -0.1) is 0 Å². The second-order valence-electron chi connectivity index (χ2n) is 8.00. The average molecular weight is 405 g/mol. The number of hydrogen-bond donors (Lipinski definition) is 2. The van der Waals surface area contributed by atoms with Crippen molar-refractivity contribution in [2.45, 2.75) is 57.9 Å². The van der Waals surface area contributed by atoms with Crippen LogP contribution >= 0.6 is 11.3 Å². The molecule has 28 heavy (non-hydrogen) atoms. The molecule has 1 unspecified atom stereocenters. The van der Waals surface area contributed by atoms with E-state index >= 15 is 0 Å². The number of anilines is 1. The third-order valence-corrected chi connectivity index (χ3v) is 5.62. The third-order valence-electron chi connectivity index (χ3n) is 4.74. The number of aliphatic hydroxyl groups excluding tert-OH is 1. The quantitative estimate of drug-likeness (QED) is 0.772. The normalized spacial score (nSPS) is 18.0. The molecule has 0 aromatic carbocycles. The Hall–Kier alpha value is -2.19. The van der Waals surface area contributed by atoms with E-state index in [4.69, 9.17) is 4.42 Å². The maximum Gasteiger partial charge on any atom is 0.323 e. The fourth-order valence-corrected chi connectivity index (χ4v) is 3.88. The monoisotopic (exact) mass is 404 g/mol. The van der Waals surface area contributed by atoms with Gasteiger partial charge in [-0.25, -0.2) is 14.8 Å². The van der Waals surface area contributed by atoms with Crippen LogP contribution in [0.25, 0.3) is 12.2 Å². The number of aromatic nitrogens is 2. The van der Waals surface area contributed by atoms with Crippen molar-refractivity contribution < 1.29 is 14.3 Å². The van der Waals surface area contributed by atoms with Gasteiger partial charge in [0, 0.05) is 41.8 Å². The molecule has 3 rings (SSSR count). The first-order valence-electron chi connectivity index (χ1n) is 9.65. The molecule has 0 spiro atoms. The molecule has 2 aromatic rings. The first-order chi connectivity index (χ1) is 13.4. The van der Waals surface area contributed by atoms with Crippen LogP contribution in [0.3, 0.4) is 0 Å². The number of aliphatic hydroxyl groups is 1. The number of thiazole rings is 1. The van der Waals surface area contributed by atoms with Gasteiger partial charge in [-0.2, -0.15) is 0 Å². The van der Waals surface area contributed by atoms with Crippen LogP contribution in [0.5, 0.6) is 0 Å². The smallest absolute Gasteiger partial charge is 0.323 e. The minimum absolute atomic E-state index is 0.0800. The Morgan fingerprint density at radius 1 is 1.36 bits per heavy atom. The highest BCUT2D eigenvalue weighted by Crippen LogP contribution is 2.25. The van der Waals surface area contributed by atoms with Crippen LogP contribution in [-0.4, -0.2) is 45.2 Å². The molecular weight excluding hydrogens is 376 g/mol. The second-order valence-corrected chi connectivity index (χ2v) is 9.06. The Labute approximate surface area is 169 Å². The lowest BCUT2D eigenvalue weighted by Gasteiger charge is -2.35. The van der Waals surface area contributed by atoms with Crippen LogP contribution in [-0.2, 0) is 5.41 Å². The highest BCUT2D eigenvalue weighted by molar-refractivity contribution is 7.16. The molecule has 2 aromatic heterocycles. The summed E-state index contributed by atoms with van der Waals surface area (Å²) in [5.41, 5.74) is -0.0800. The van der Waals surface area contributed by atoms with Gasteiger partial charge in [0.15, 0.2) is 5.13 Å². The van der Waals surface area contributed by atoms with Gasteiger partial charge in [0.2, 0.25) is 5.89 Å². The van der Waals surface area contributed by atoms with E-state index in [0.717, 1.165) is 36.4 Å². The van der Waals surface area contributed by atoms with Gasteiger partial charge in [0.1, 0.15) is 5.76 Å². The number of nitrogens with zero attached hydrogens (tertiary/aromatic N) is 3. The number of amides is 2. The Bertz CT molecular complexity index is 820. The predicted molar refractivity (Wildman–Crippen MR) is 111 cm³/mol. The molecular formula is C20H28N4O3S. The highest BCUT2D eigenvalue weighted by Gasteiger charge is 2.26. The lowest BCUT2D eigenvalue weighted by molar-refractivity contribution is 0.141. The molecule has 2 amide bonds. The molecule has 3 heterocycles. The molecule has 1 atom stereocenters. The predicted octanol–water partition coefficient (Wildman–Crippen LogP) is 4.37. The lowest BCUT2D eigenvalue weighted by Crippen LogP contribution is -2.46. The van der Waals surface area contributed by atoms with Gasteiger partial charge in [0.25, 0.3) is 0 Å². The van der Waals surface area contributed by atoms with Crippen LogP contribution in [0.2, 0.25) is 0 Å². The summed E-state index contributed by atoms with van der Waals surface area (Å²) in [6.07, 6.45) is 10.8. The number of carbonyl (C=O) groups is 1. The molecule has 0 radical (unpaired) electrons. The molecule has 2 N–H and O–H groups in total. The molecule has 1 fully saturated rings. The van der Waals surface area contributed by atoms with Gasteiger partial charge in [-0.05, 0) is 31.8 Å². The topological polar surface area (TPSA) is 91.5 Å². The van der Waals surface area contributed by atoms with Crippen molar-refractivity contribution in [1.29, 1.82) is 0 Å². The molecule has 0 bridgehead atoms. The van der Waals surface area contributed by atoms with Crippen molar-refractivity contribution in [2.75, 3.05) is 18.5 Å². The largest absolute Gasteiger partial charge is 0.441 e.